The number of alkyl halides is 3. The Morgan fingerprint density at radius 2 is 1.81 bits per heavy atom. The highest BCUT2D eigenvalue weighted by molar-refractivity contribution is 7.05. The number of hydrogen-bond acceptors (Lipinski definition) is 6. The lowest BCUT2D eigenvalue weighted by Gasteiger charge is -2.17. The highest BCUT2D eigenvalue weighted by Crippen LogP contribution is 2.31. The highest BCUT2D eigenvalue weighted by atomic mass is 32.1. The first-order chi connectivity index (χ1) is 15.3. The Morgan fingerprint density at radius 3 is 2.50 bits per heavy atom. The molecule has 32 heavy (non-hydrogen) atoms. The molecule has 0 aliphatic carbocycles. The summed E-state index contributed by atoms with van der Waals surface area (Å²) in [5, 5.41) is 9.57. The maximum atomic E-state index is 12.7. The van der Waals surface area contributed by atoms with Gasteiger partial charge in [-0.2, -0.15) is 17.5 Å². The van der Waals surface area contributed by atoms with Gasteiger partial charge < -0.3 is 9.84 Å². The molecule has 0 spiro atoms. The average Bonchev–Trinajstić information content (AvgIpc) is 3.13. The van der Waals surface area contributed by atoms with Crippen molar-refractivity contribution in [3.05, 3.63) is 64.2 Å². The molecule has 4 rings (SSSR count). The van der Waals surface area contributed by atoms with Gasteiger partial charge in [0, 0.05) is 18.7 Å². The van der Waals surface area contributed by atoms with Crippen molar-refractivity contribution < 1.29 is 27.8 Å². The van der Waals surface area contributed by atoms with Gasteiger partial charge in [0.15, 0.2) is 12.4 Å². The lowest BCUT2D eigenvalue weighted by Crippen LogP contribution is -2.25. The molecule has 0 unspecified atom stereocenters. The largest absolute Gasteiger partial charge is 0.482 e. The minimum absolute atomic E-state index is 0.372. The summed E-state index contributed by atoms with van der Waals surface area (Å²) in [4.78, 5) is 17.5. The highest BCUT2D eigenvalue weighted by Gasteiger charge is 2.30. The van der Waals surface area contributed by atoms with Crippen molar-refractivity contribution >= 4 is 17.5 Å². The fourth-order valence-corrected chi connectivity index (χ4v) is 4.28. The van der Waals surface area contributed by atoms with Gasteiger partial charge in [-0.25, -0.2) is 9.78 Å². The molecule has 168 valence electrons. The number of hydrogen-bond donors (Lipinski definition) is 1. The average molecular weight is 463 g/mol. The molecule has 0 atom stereocenters. The van der Waals surface area contributed by atoms with E-state index in [4.69, 9.17) is 9.84 Å². The van der Waals surface area contributed by atoms with Gasteiger partial charge in [-0.1, -0.05) is 18.2 Å². The fourth-order valence-electron chi connectivity index (χ4n) is 3.58. The molecule has 0 amide bonds. The van der Waals surface area contributed by atoms with Gasteiger partial charge in [0.1, 0.15) is 10.8 Å². The van der Waals surface area contributed by atoms with Crippen LogP contribution < -0.4 is 4.74 Å². The topological polar surface area (TPSA) is 75.6 Å². The standard InChI is InChI=1S/C22H20F3N3O3S/c23-22(24,25)17-4-1-15(2-5-17)21-26-19(32-27-21)12-28-9-7-14-3-6-18(31-13-20(29)30)11-16(14)8-10-28/h1-6,11H,7-10,12-13H2,(H,29,30). The third-order valence-corrected chi connectivity index (χ3v) is 5.93. The normalized spacial score (nSPS) is 14.6. The second kappa shape index (κ2) is 9.25. The molecule has 2 heterocycles. The molecule has 1 aliphatic heterocycles. The van der Waals surface area contributed by atoms with Crippen LogP contribution in [0, 0.1) is 0 Å². The number of carbonyl (C=O) groups is 1. The Balaban J connectivity index is 1.38. The molecule has 1 aliphatic rings. The molecule has 6 nitrogen and oxygen atoms in total. The minimum atomic E-state index is -4.37. The number of ether oxygens (including phenoxy) is 1. The monoisotopic (exact) mass is 463 g/mol. The predicted octanol–water partition coefficient (Wildman–Crippen LogP) is 4.29. The van der Waals surface area contributed by atoms with E-state index >= 15 is 0 Å². The molecule has 0 fully saturated rings. The molecule has 0 saturated heterocycles. The van der Waals surface area contributed by atoms with Crippen LogP contribution >= 0.6 is 11.5 Å². The summed E-state index contributed by atoms with van der Waals surface area (Å²) < 4.78 is 47.8. The number of fused-ring (bicyclic) bond motifs is 1. The molecule has 1 aromatic heterocycles. The van der Waals surface area contributed by atoms with Gasteiger partial charge in [-0.05, 0) is 59.8 Å². The van der Waals surface area contributed by atoms with E-state index in [9.17, 15) is 18.0 Å². The Hall–Kier alpha value is -2.98. The number of benzene rings is 2. The van der Waals surface area contributed by atoms with Gasteiger partial charge in [0.2, 0.25) is 0 Å². The number of rotatable bonds is 6. The van der Waals surface area contributed by atoms with E-state index in [2.05, 4.69) is 14.3 Å². The van der Waals surface area contributed by atoms with Crippen LogP contribution in [0.5, 0.6) is 5.75 Å². The molecule has 0 bridgehead atoms. The Bertz CT molecular complexity index is 1100. The van der Waals surface area contributed by atoms with Gasteiger partial charge >= 0.3 is 12.1 Å². The molecule has 1 N–H and O–H groups in total. The number of halogens is 3. The van der Waals surface area contributed by atoms with Crippen LogP contribution in [0.4, 0.5) is 13.2 Å². The van der Waals surface area contributed by atoms with Crippen LogP contribution in [0.1, 0.15) is 21.7 Å². The number of aromatic nitrogens is 2. The zero-order valence-corrected chi connectivity index (χ0v) is 17.7. The molecule has 10 heteroatoms. The number of aliphatic carboxylic acids is 1. The lowest BCUT2D eigenvalue weighted by atomic mass is 10.0. The van der Waals surface area contributed by atoms with Crippen molar-refractivity contribution in [1.82, 2.24) is 14.3 Å². The molecule has 0 saturated carbocycles. The summed E-state index contributed by atoms with van der Waals surface area (Å²) in [7, 11) is 0. The van der Waals surface area contributed by atoms with Gasteiger partial charge in [0.25, 0.3) is 0 Å². The second-order valence-electron chi connectivity index (χ2n) is 7.48. The van der Waals surface area contributed by atoms with Crippen LogP contribution in [0.25, 0.3) is 11.4 Å². The van der Waals surface area contributed by atoms with Crippen molar-refractivity contribution in [2.75, 3.05) is 19.7 Å². The van der Waals surface area contributed by atoms with E-state index < -0.39 is 17.7 Å². The molecule has 2 aromatic carbocycles. The maximum Gasteiger partial charge on any atom is 0.416 e. The maximum absolute atomic E-state index is 12.7. The van der Waals surface area contributed by atoms with Crippen molar-refractivity contribution in [2.24, 2.45) is 0 Å². The smallest absolute Gasteiger partial charge is 0.416 e. The van der Waals surface area contributed by atoms with Crippen molar-refractivity contribution in [3.63, 3.8) is 0 Å². The zero-order valence-electron chi connectivity index (χ0n) is 16.9. The number of carboxylic acid groups (broad SMARTS) is 1. The predicted molar refractivity (Wildman–Crippen MR) is 113 cm³/mol. The first-order valence-electron chi connectivity index (χ1n) is 9.97. The summed E-state index contributed by atoms with van der Waals surface area (Å²) in [6, 6.07) is 10.5. The SMILES string of the molecule is O=C(O)COc1ccc2c(c1)CCN(Cc1nc(-c3ccc(C(F)(F)F)cc3)ns1)CC2. The van der Waals surface area contributed by atoms with Crippen molar-refractivity contribution in [1.29, 1.82) is 0 Å². The second-order valence-corrected chi connectivity index (χ2v) is 8.31. The van der Waals surface area contributed by atoms with Crippen molar-refractivity contribution in [3.8, 4) is 17.1 Å². The Labute approximate surface area is 186 Å². The summed E-state index contributed by atoms with van der Waals surface area (Å²) >= 11 is 1.25. The molecule has 3 aromatic rings. The fraction of sp³-hybridized carbons (Fsp3) is 0.318. The van der Waals surface area contributed by atoms with Crippen LogP contribution in [0.2, 0.25) is 0 Å². The first-order valence-corrected chi connectivity index (χ1v) is 10.7. The van der Waals surface area contributed by atoms with E-state index in [0.29, 0.717) is 23.7 Å². The molecular formula is C22H20F3N3O3S. The van der Waals surface area contributed by atoms with Crippen LogP contribution in [-0.2, 0) is 30.4 Å². The van der Waals surface area contributed by atoms with Gasteiger partial charge in [0.05, 0.1) is 12.1 Å². The van der Waals surface area contributed by atoms with E-state index in [0.717, 1.165) is 48.6 Å². The quantitative estimate of drug-likeness (QED) is 0.588. The Morgan fingerprint density at radius 1 is 1.09 bits per heavy atom. The van der Waals surface area contributed by atoms with Crippen LogP contribution in [0.3, 0.4) is 0 Å². The summed E-state index contributed by atoms with van der Waals surface area (Å²) in [5.41, 5.74) is 2.20. The Kier molecular flexibility index (Phi) is 6.43. The van der Waals surface area contributed by atoms with E-state index in [1.807, 2.05) is 12.1 Å². The number of nitrogens with zero attached hydrogens (tertiary/aromatic N) is 3. The van der Waals surface area contributed by atoms with Gasteiger partial charge in [-0.15, -0.1) is 0 Å². The van der Waals surface area contributed by atoms with Gasteiger partial charge in [-0.3, -0.25) is 4.90 Å². The van der Waals surface area contributed by atoms with E-state index in [1.165, 1.54) is 29.2 Å². The van der Waals surface area contributed by atoms with Crippen LogP contribution in [-0.4, -0.2) is 45.0 Å². The summed E-state index contributed by atoms with van der Waals surface area (Å²) in [6.07, 6.45) is -2.73. The molecule has 0 radical (unpaired) electrons. The minimum Gasteiger partial charge on any atom is -0.482 e. The third kappa shape index (κ3) is 5.43. The van der Waals surface area contributed by atoms with Crippen molar-refractivity contribution in [2.45, 2.75) is 25.6 Å². The zero-order chi connectivity index (χ0) is 22.7. The van der Waals surface area contributed by atoms with Crippen LogP contribution in [0.15, 0.2) is 42.5 Å². The molecular weight excluding hydrogens is 443 g/mol. The third-order valence-electron chi connectivity index (χ3n) is 5.23. The van der Waals surface area contributed by atoms with E-state index in [-0.39, 0.29) is 6.61 Å². The summed E-state index contributed by atoms with van der Waals surface area (Å²) in [5.74, 6) is -0.0409. The number of carboxylic acids is 1. The van der Waals surface area contributed by atoms with E-state index in [1.54, 1.807) is 6.07 Å². The first kappa shape index (κ1) is 22.2. The lowest BCUT2D eigenvalue weighted by molar-refractivity contribution is -0.139. The summed E-state index contributed by atoms with van der Waals surface area (Å²) in [6.45, 7) is 1.86.